The number of hydrogen-bond acceptors (Lipinski definition) is 6. The lowest BCUT2D eigenvalue weighted by Gasteiger charge is -2.11. The highest BCUT2D eigenvalue weighted by molar-refractivity contribution is 6.34. The van der Waals surface area contributed by atoms with Crippen LogP contribution in [0.1, 0.15) is 27.8 Å². The number of benzene rings is 2. The lowest BCUT2D eigenvalue weighted by molar-refractivity contribution is 0.0916. The number of nitrogens with one attached hydrogen (secondary N) is 2. The number of halogens is 1. The van der Waals surface area contributed by atoms with E-state index in [1.807, 2.05) is 18.2 Å². The number of para-hydroxylation sites is 1. The summed E-state index contributed by atoms with van der Waals surface area (Å²) in [5, 5.41) is 19.3. The molecule has 0 radical (unpaired) electrons. The number of hydrogen-bond donors (Lipinski definition) is 4. The van der Waals surface area contributed by atoms with Crippen LogP contribution in [0.2, 0.25) is 5.02 Å². The second kappa shape index (κ2) is 10.4. The van der Waals surface area contributed by atoms with E-state index in [0.717, 1.165) is 0 Å². The van der Waals surface area contributed by atoms with Gasteiger partial charge in [-0.15, -0.1) is 0 Å². The molecule has 9 nitrogen and oxygen atoms in total. The number of carbonyl (C=O) groups excluding carboxylic acids is 2. The summed E-state index contributed by atoms with van der Waals surface area (Å²) in [7, 11) is 0. The molecule has 4 rings (SSSR count). The number of nitrogens with zero attached hydrogens (tertiary/aromatic N) is 3. The van der Waals surface area contributed by atoms with E-state index in [1.54, 1.807) is 55.5 Å². The van der Waals surface area contributed by atoms with Crippen molar-refractivity contribution in [1.29, 1.82) is 0 Å². The first-order valence-corrected chi connectivity index (χ1v) is 11.1. The van der Waals surface area contributed by atoms with Crippen molar-refractivity contribution < 1.29 is 14.7 Å². The maximum absolute atomic E-state index is 13.3. The molecular formula is C25H23ClN6O3. The highest BCUT2D eigenvalue weighted by Crippen LogP contribution is 2.26. The fraction of sp³-hybridized carbons (Fsp3) is 0.120. The van der Waals surface area contributed by atoms with Crippen LogP contribution in [0.25, 0.3) is 16.9 Å². The number of amides is 2. The summed E-state index contributed by atoms with van der Waals surface area (Å²) in [5.41, 5.74) is 7.99. The van der Waals surface area contributed by atoms with Crippen molar-refractivity contribution in [2.45, 2.75) is 13.0 Å². The Bertz CT molecular complexity index is 1370. The minimum absolute atomic E-state index is 0.0771. The summed E-state index contributed by atoms with van der Waals surface area (Å²) >= 11 is 6.35. The summed E-state index contributed by atoms with van der Waals surface area (Å²) in [6.45, 7) is 1.45. The Kier molecular flexibility index (Phi) is 7.09. The SMILES string of the molecule is CC(CO)NC(=O)c1cc(NC(=O)c2cc(-c3cccc(N)n3)ccc2Cl)n(-c2ccccc2)n1. The minimum Gasteiger partial charge on any atom is -0.394 e. The maximum atomic E-state index is 13.3. The van der Waals surface area contributed by atoms with Crippen molar-refractivity contribution in [2.75, 3.05) is 17.7 Å². The van der Waals surface area contributed by atoms with E-state index in [4.69, 9.17) is 17.3 Å². The van der Waals surface area contributed by atoms with Crippen molar-refractivity contribution >= 4 is 35.1 Å². The molecule has 2 heterocycles. The first kappa shape index (κ1) is 23.9. The zero-order valence-corrected chi connectivity index (χ0v) is 19.5. The fourth-order valence-corrected chi connectivity index (χ4v) is 3.55. The monoisotopic (exact) mass is 490 g/mol. The van der Waals surface area contributed by atoms with E-state index in [-0.39, 0.29) is 28.7 Å². The summed E-state index contributed by atoms with van der Waals surface area (Å²) < 4.78 is 1.45. The van der Waals surface area contributed by atoms with E-state index in [1.165, 1.54) is 10.7 Å². The molecule has 0 aliphatic heterocycles. The molecule has 0 saturated heterocycles. The molecule has 2 amide bonds. The van der Waals surface area contributed by atoms with Gasteiger partial charge in [0.15, 0.2) is 5.69 Å². The van der Waals surface area contributed by atoms with Crippen molar-refractivity contribution in [3.63, 3.8) is 0 Å². The van der Waals surface area contributed by atoms with Crippen LogP contribution in [0, 0.1) is 0 Å². The van der Waals surface area contributed by atoms with Crippen LogP contribution in [0.4, 0.5) is 11.6 Å². The van der Waals surface area contributed by atoms with Gasteiger partial charge in [-0.1, -0.05) is 41.9 Å². The first-order chi connectivity index (χ1) is 16.9. The molecule has 0 spiro atoms. The van der Waals surface area contributed by atoms with E-state index in [2.05, 4.69) is 20.7 Å². The molecule has 1 atom stereocenters. The van der Waals surface area contributed by atoms with Crippen molar-refractivity contribution in [2.24, 2.45) is 0 Å². The molecule has 35 heavy (non-hydrogen) atoms. The zero-order chi connectivity index (χ0) is 24.9. The van der Waals surface area contributed by atoms with E-state index < -0.39 is 17.9 Å². The third-order valence-electron chi connectivity index (χ3n) is 5.11. The summed E-state index contributed by atoms with van der Waals surface area (Å²) in [6.07, 6.45) is 0. The smallest absolute Gasteiger partial charge is 0.272 e. The van der Waals surface area contributed by atoms with Gasteiger partial charge >= 0.3 is 0 Å². The van der Waals surface area contributed by atoms with Crippen LogP contribution in [-0.2, 0) is 0 Å². The average Bonchev–Trinajstić information content (AvgIpc) is 3.28. The van der Waals surface area contributed by atoms with Crippen molar-refractivity contribution in [3.8, 4) is 16.9 Å². The van der Waals surface area contributed by atoms with Crippen LogP contribution in [0.15, 0.2) is 72.8 Å². The van der Waals surface area contributed by atoms with Crippen LogP contribution in [0.5, 0.6) is 0 Å². The molecule has 0 saturated carbocycles. The van der Waals surface area contributed by atoms with Gasteiger partial charge in [-0.3, -0.25) is 9.59 Å². The van der Waals surface area contributed by atoms with Crippen LogP contribution in [-0.4, -0.2) is 44.3 Å². The normalized spacial score (nSPS) is 11.6. The van der Waals surface area contributed by atoms with Gasteiger partial charge in [0.2, 0.25) is 0 Å². The second-order valence-corrected chi connectivity index (χ2v) is 8.22. The average molecular weight is 491 g/mol. The number of rotatable bonds is 7. The fourth-order valence-electron chi connectivity index (χ4n) is 3.35. The van der Waals surface area contributed by atoms with Crippen molar-refractivity contribution in [3.05, 3.63) is 89.1 Å². The number of pyridine rings is 1. The van der Waals surface area contributed by atoms with E-state index in [9.17, 15) is 14.7 Å². The highest BCUT2D eigenvalue weighted by atomic mass is 35.5. The standard InChI is InChI=1S/C25H23ClN6O3/c1-15(14-33)28-25(35)21-13-23(32(31-21)17-6-3-2-4-7-17)30-24(34)18-12-16(10-11-19(18)26)20-8-5-9-22(27)29-20/h2-13,15,33H,14H2,1H3,(H2,27,29)(H,28,35)(H,30,34). The molecule has 0 bridgehead atoms. The Morgan fingerprint density at radius 3 is 2.54 bits per heavy atom. The quantitative estimate of drug-likeness (QED) is 0.313. The summed E-state index contributed by atoms with van der Waals surface area (Å²) in [6, 6.07) is 20.3. The Labute approximate surface area is 206 Å². The van der Waals surface area contributed by atoms with Crippen LogP contribution >= 0.6 is 11.6 Å². The molecule has 1 unspecified atom stereocenters. The molecular weight excluding hydrogens is 468 g/mol. The van der Waals surface area contributed by atoms with Crippen LogP contribution in [0.3, 0.4) is 0 Å². The van der Waals surface area contributed by atoms with Gasteiger partial charge in [-0.2, -0.15) is 5.10 Å². The molecule has 178 valence electrons. The Morgan fingerprint density at radius 2 is 1.83 bits per heavy atom. The lowest BCUT2D eigenvalue weighted by Crippen LogP contribution is -2.35. The number of aliphatic hydroxyl groups is 1. The minimum atomic E-state index is -0.492. The van der Waals surface area contributed by atoms with Gasteiger partial charge in [0, 0.05) is 17.7 Å². The molecule has 0 fully saturated rings. The van der Waals surface area contributed by atoms with Gasteiger partial charge in [-0.05, 0) is 43.3 Å². The second-order valence-electron chi connectivity index (χ2n) is 7.82. The molecule has 2 aromatic heterocycles. The first-order valence-electron chi connectivity index (χ1n) is 10.8. The number of aliphatic hydroxyl groups excluding tert-OH is 1. The largest absolute Gasteiger partial charge is 0.394 e. The Morgan fingerprint density at radius 1 is 1.06 bits per heavy atom. The van der Waals surface area contributed by atoms with Gasteiger partial charge in [0.05, 0.1) is 28.6 Å². The van der Waals surface area contributed by atoms with Gasteiger partial charge < -0.3 is 21.5 Å². The summed E-state index contributed by atoms with van der Waals surface area (Å²) in [4.78, 5) is 30.1. The molecule has 0 aliphatic rings. The van der Waals surface area contributed by atoms with Gasteiger partial charge in [-0.25, -0.2) is 9.67 Å². The number of aromatic nitrogens is 3. The zero-order valence-electron chi connectivity index (χ0n) is 18.8. The molecule has 2 aromatic carbocycles. The molecule has 0 aliphatic carbocycles. The van der Waals surface area contributed by atoms with Crippen LogP contribution < -0.4 is 16.4 Å². The molecule has 5 N–H and O–H groups in total. The number of nitrogen functional groups attached to an aromatic ring is 1. The molecule has 10 heteroatoms. The maximum Gasteiger partial charge on any atom is 0.272 e. The van der Waals surface area contributed by atoms with Gasteiger partial charge in [0.1, 0.15) is 11.6 Å². The Hall–Kier alpha value is -4.21. The van der Waals surface area contributed by atoms with E-state index in [0.29, 0.717) is 22.8 Å². The highest BCUT2D eigenvalue weighted by Gasteiger charge is 2.20. The predicted octanol–water partition coefficient (Wildman–Crippen LogP) is 3.53. The third-order valence-corrected chi connectivity index (χ3v) is 5.44. The number of nitrogens with two attached hydrogens (primary N) is 1. The lowest BCUT2D eigenvalue weighted by atomic mass is 10.1. The predicted molar refractivity (Wildman–Crippen MR) is 135 cm³/mol. The number of carbonyl (C=O) groups is 2. The van der Waals surface area contributed by atoms with Gasteiger partial charge in [0.25, 0.3) is 11.8 Å². The topological polar surface area (TPSA) is 135 Å². The van der Waals surface area contributed by atoms with E-state index >= 15 is 0 Å². The third kappa shape index (κ3) is 5.48. The number of anilines is 2. The molecule has 4 aromatic rings. The Balaban J connectivity index is 1.68. The van der Waals surface area contributed by atoms with Crippen molar-refractivity contribution in [1.82, 2.24) is 20.1 Å². The summed E-state index contributed by atoms with van der Waals surface area (Å²) in [5.74, 6) is -0.346.